The van der Waals surface area contributed by atoms with Gasteiger partial charge in [0.2, 0.25) is 0 Å². The van der Waals surface area contributed by atoms with Crippen LogP contribution in [-0.2, 0) is 9.53 Å². The zero-order valence-electron chi connectivity index (χ0n) is 9.68. The molecular weight excluding hydrogens is 218 g/mol. The molecule has 0 aromatic heterocycles. The molecule has 0 saturated carbocycles. The molecule has 1 aromatic carbocycles. The van der Waals surface area contributed by atoms with Gasteiger partial charge in [-0.15, -0.1) is 0 Å². The summed E-state index contributed by atoms with van der Waals surface area (Å²) in [5, 5.41) is 18.1. The Hall–Kier alpha value is -2.28. The number of benzene rings is 1. The van der Waals surface area contributed by atoms with Gasteiger partial charge >= 0.3 is 5.97 Å². The van der Waals surface area contributed by atoms with Gasteiger partial charge in [-0.25, -0.2) is 4.79 Å². The molecule has 0 heterocycles. The molecule has 0 bridgehead atoms. The van der Waals surface area contributed by atoms with E-state index in [1.54, 1.807) is 26.0 Å². The van der Waals surface area contributed by atoms with Crippen LogP contribution in [0.15, 0.2) is 30.3 Å². The Bertz CT molecular complexity index is 466. The molecule has 0 aliphatic rings. The molecule has 4 nitrogen and oxygen atoms in total. The summed E-state index contributed by atoms with van der Waals surface area (Å²) < 4.78 is 4.91. The van der Waals surface area contributed by atoms with E-state index in [0.717, 1.165) is 6.08 Å². The van der Waals surface area contributed by atoms with Crippen LogP contribution >= 0.6 is 0 Å². The lowest BCUT2D eigenvalue weighted by atomic mass is 10.1. The van der Waals surface area contributed by atoms with Crippen LogP contribution in [-0.4, -0.2) is 17.2 Å². The van der Waals surface area contributed by atoms with E-state index in [9.17, 15) is 4.79 Å². The number of aromatic hydroxyl groups is 1. The second kappa shape index (κ2) is 5.71. The minimum absolute atomic E-state index is 0.107. The number of carbonyl (C=O) groups excluding carboxylic acids is 1. The molecule has 0 unspecified atom stereocenters. The van der Waals surface area contributed by atoms with Crippen LogP contribution in [0, 0.1) is 11.3 Å². The van der Waals surface area contributed by atoms with Crippen LogP contribution in [0.5, 0.6) is 5.75 Å². The van der Waals surface area contributed by atoms with Crippen molar-refractivity contribution in [2.45, 2.75) is 20.0 Å². The van der Waals surface area contributed by atoms with Gasteiger partial charge in [0.05, 0.1) is 11.7 Å². The SMILES string of the molecule is CC(C)OC(=O)C=C(C#N)c1ccc(O)cc1. The summed E-state index contributed by atoms with van der Waals surface area (Å²) in [6.07, 6.45) is 0.922. The Kier molecular flexibility index (Phi) is 4.29. The van der Waals surface area contributed by atoms with Crippen LogP contribution in [0.2, 0.25) is 0 Å². The Morgan fingerprint density at radius 1 is 1.41 bits per heavy atom. The standard InChI is InChI=1S/C13H13NO3/c1-9(2)17-13(16)7-11(8-14)10-3-5-12(15)6-4-10/h3-7,9,15H,1-2H3. The molecule has 1 N–H and O–H groups in total. The van der Waals surface area contributed by atoms with Gasteiger partial charge in [0.1, 0.15) is 11.8 Å². The number of nitriles is 1. The predicted octanol–water partition coefficient (Wildman–Crippen LogP) is 2.25. The first-order valence-electron chi connectivity index (χ1n) is 5.14. The summed E-state index contributed by atoms with van der Waals surface area (Å²) >= 11 is 0. The monoisotopic (exact) mass is 231 g/mol. The third kappa shape index (κ3) is 3.99. The first-order valence-corrected chi connectivity index (χ1v) is 5.14. The minimum Gasteiger partial charge on any atom is -0.508 e. The quantitative estimate of drug-likeness (QED) is 0.492. The first-order chi connectivity index (χ1) is 8.02. The maximum absolute atomic E-state index is 11.4. The summed E-state index contributed by atoms with van der Waals surface area (Å²) in [6, 6.07) is 7.95. The van der Waals surface area contributed by atoms with E-state index in [4.69, 9.17) is 15.1 Å². The van der Waals surface area contributed by atoms with E-state index < -0.39 is 5.97 Å². The second-order valence-corrected chi connectivity index (χ2v) is 3.70. The van der Waals surface area contributed by atoms with Crippen molar-refractivity contribution in [3.05, 3.63) is 35.9 Å². The summed E-state index contributed by atoms with van der Waals surface area (Å²) in [7, 11) is 0. The van der Waals surface area contributed by atoms with E-state index in [0.29, 0.717) is 5.56 Å². The Morgan fingerprint density at radius 2 is 2.00 bits per heavy atom. The smallest absolute Gasteiger partial charge is 0.332 e. The van der Waals surface area contributed by atoms with Gasteiger partial charge in [0, 0.05) is 6.08 Å². The number of nitrogens with zero attached hydrogens (tertiary/aromatic N) is 1. The van der Waals surface area contributed by atoms with E-state index >= 15 is 0 Å². The van der Waals surface area contributed by atoms with Crippen LogP contribution < -0.4 is 0 Å². The highest BCUT2D eigenvalue weighted by atomic mass is 16.5. The first kappa shape index (κ1) is 12.8. The molecule has 0 aliphatic heterocycles. The highest BCUT2D eigenvalue weighted by molar-refractivity contribution is 5.95. The van der Waals surface area contributed by atoms with Crippen molar-refractivity contribution in [3.8, 4) is 11.8 Å². The number of phenols is 1. The van der Waals surface area contributed by atoms with Crippen LogP contribution in [0.4, 0.5) is 0 Å². The van der Waals surface area contributed by atoms with Crippen molar-refractivity contribution in [3.63, 3.8) is 0 Å². The van der Waals surface area contributed by atoms with Crippen molar-refractivity contribution in [1.82, 2.24) is 0 Å². The van der Waals surface area contributed by atoms with Crippen LogP contribution in [0.25, 0.3) is 5.57 Å². The fourth-order valence-electron chi connectivity index (χ4n) is 1.21. The molecule has 4 heteroatoms. The normalized spacial score (nSPS) is 11.1. The summed E-state index contributed by atoms with van der Waals surface area (Å²) in [5.41, 5.74) is 0.765. The van der Waals surface area contributed by atoms with Gasteiger partial charge in [0.15, 0.2) is 0 Å². The summed E-state index contributed by atoms with van der Waals surface area (Å²) in [4.78, 5) is 11.4. The van der Waals surface area contributed by atoms with Gasteiger partial charge in [-0.05, 0) is 43.7 Å². The molecule has 88 valence electrons. The Labute approximate surface area is 99.8 Å². The third-order valence-electron chi connectivity index (χ3n) is 1.91. The second-order valence-electron chi connectivity index (χ2n) is 3.70. The Morgan fingerprint density at radius 3 is 2.47 bits per heavy atom. The molecule has 1 aromatic rings. The van der Waals surface area contributed by atoms with Gasteiger partial charge < -0.3 is 9.84 Å². The van der Waals surface area contributed by atoms with Gasteiger partial charge in [0.25, 0.3) is 0 Å². The number of phenolic OH excluding ortho intramolecular Hbond substituents is 1. The van der Waals surface area contributed by atoms with E-state index in [1.807, 2.05) is 6.07 Å². The molecule has 0 amide bonds. The van der Waals surface area contributed by atoms with Crippen LogP contribution in [0.1, 0.15) is 19.4 Å². The number of ether oxygens (including phenoxy) is 1. The average molecular weight is 231 g/mol. The van der Waals surface area contributed by atoms with Crippen molar-refractivity contribution < 1.29 is 14.6 Å². The van der Waals surface area contributed by atoms with Gasteiger partial charge in [-0.2, -0.15) is 5.26 Å². The van der Waals surface area contributed by atoms with Crippen molar-refractivity contribution >= 4 is 11.5 Å². The predicted molar refractivity (Wildman–Crippen MR) is 62.9 cm³/mol. The molecule has 0 saturated heterocycles. The number of esters is 1. The maximum Gasteiger partial charge on any atom is 0.332 e. The number of hydrogen-bond acceptors (Lipinski definition) is 4. The minimum atomic E-state index is -0.551. The zero-order valence-corrected chi connectivity index (χ0v) is 9.68. The molecule has 0 radical (unpaired) electrons. The highest BCUT2D eigenvalue weighted by Crippen LogP contribution is 2.17. The Balaban J connectivity index is 2.92. The maximum atomic E-state index is 11.4. The fourth-order valence-corrected chi connectivity index (χ4v) is 1.21. The van der Waals surface area contributed by atoms with Gasteiger partial charge in [-0.1, -0.05) is 0 Å². The fraction of sp³-hybridized carbons (Fsp3) is 0.231. The largest absolute Gasteiger partial charge is 0.508 e. The van der Waals surface area contributed by atoms with E-state index in [1.165, 1.54) is 12.1 Å². The molecule has 0 aliphatic carbocycles. The summed E-state index contributed by atoms with van der Waals surface area (Å²) in [6.45, 7) is 3.47. The van der Waals surface area contributed by atoms with Crippen molar-refractivity contribution in [1.29, 1.82) is 5.26 Å². The number of carbonyl (C=O) groups is 1. The van der Waals surface area contributed by atoms with E-state index in [-0.39, 0.29) is 17.4 Å². The zero-order chi connectivity index (χ0) is 12.8. The van der Waals surface area contributed by atoms with Gasteiger partial charge in [-0.3, -0.25) is 0 Å². The van der Waals surface area contributed by atoms with Crippen molar-refractivity contribution in [2.24, 2.45) is 0 Å². The lowest BCUT2D eigenvalue weighted by Crippen LogP contribution is -2.09. The average Bonchev–Trinajstić information content (AvgIpc) is 2.26. The van der Waals surface area contributed by atoms with E-state index in [2.05, 4.69) is 0 Å². The lowest BCUT2D eigenvalue weighted by molar-refractivity contribution is -0.141. The number of hydrogen-bond donors (Lipinski definition) is 1. The lowest BCUT2D eigenvalue weighted by Gasteiger charge is -2.05. The highest BCUT2D eigenvalue weighted by Gasteiger charge is 2.06. The van der Waals surface area contributed by atoms with Crippen molar-refractivity contribution in [2.75, 3.05) is 0 Å². The number of rotatable bonds is 3. The topological polar surface area (TPSA) is 70.3 Å². The summed E-state index contributed by atoms with van der Waals surface area (Å²) in [5.74, 6) is -0.444. The number of allylic oxidation sites excluding steroid dienone is 1. The molecule has 17 heavy (non-hydrogen) atoms. The molecule has 0 fully saturated rings. The molecule has 1 rings (SSSR count). The van der Waals surface area contributed by atoms with Crippen LogP contribution in [0.3, 0.4) is 0 Å². The third-order valence-corrected chi connectivity index (χ3v) is 1.91. The molecule has 0 spiro atoms. The molecule has 0 atom stereocenters. The molecular formula is C13H13NO3.